The first-order chi connectivity index (χ1) is 5.33. The summed E-state index contributed by atoms with van der Waals surface area (Å²) in [6, 6.07) is 0. The molecule has 0 spiro atoms. The van der Waals surface area contributed by atoms with Gasteiger partial charge in [0.25, 0.3) is 0 Å². The van der Waals surface area contributed by atoms with E-state index in [1.54, 1.807) is 0 Å². The molecule has 1 atom stereocenters. The van der Waals surface area contributed by atoms with Crippen molar-refractivity contribution in [1.29, 1.82) is 0 Å². The summed E-state index contributed by atoms with van der Waals surface area (Å²) in [7, 11) is 0. The molecule has 1 aliphatic rings. The Hall–Kier alpha value is 0.990. The summed E-state index contributed by atoms with van der Waals surface area (Å²) in [5.74, 6) is 4.22. The molecular weight excluding hydrogens is 196 g/mol. The third kappa shape index (κ3) is 3.95. The third-order valence-corrected chi connectivity index (χ3v) is 5.27. The Morgan fingerprint density at radius 2 is 2.09 bits per heavy atom. The number of hydrogen-bond acceptors (Lipinski definition) is 2. The Kier molecular flexibility index (Phi) is 5.13. The van der Waals surface area contributed by atoms with Crippen LogP contribution in [0.25, 0.3) is 0 Å². The molecule has 0 bridgehead atoms. The zero-order valence-corrected chi connectivity index (χ0v) is 9.27. The van der Waals surface area contributed by atoms with Gasteiger partial charge in [-0.2, -0.15) is 0 Å². The zero-order chi connectivity index (χ0) is 8.10. The first-order valence-electron chi connectivity index (χ1n) is 4.12. The highest BCUT2D eigenvalue weighted by atomic mass is 35.5. The number of thioether (sulfide) groups is 2. The molecule has 0 aromatic rings. The molecule has 1 fully saturated rings. The second-order valence-electron chi connectivity index (χ2n) is 3.02. The van der Waals surface area contributed by atoms with Gasteiger partial charge in [-0.25, -0.2) is 0 Å². The van der Waals surface area contributed by atoms with Gasteiger partial charge in [0.1, 0.15) is 0 Å². The molecule has 0 saturated carbocycles. The quantitative estimate of drug-likeness (QED) is 0.655. The van der Waals surface area contributed by atoms with Gasteiger partial charge in [0, 0.05) is 5.88 Å². The summed E-state index contributed by atoms with van der Waals surface area (Å²) in [5.41, 5.74) is 0. The Labute approximate surface area is 82.8 Å². The Bertz CT molecular complexity index is 102. The highest BCUT2D eigenvalue weighted by molar-refractivity contribution is 8.17. The fourth-order valence-corrected chi connectivity index (χ4v) is 4.41. The molecule has 11 heavy (non-hydrogen) atoms. The largest absolute Gasteiger partial charge is 0.148 e. The van der Waals surface area contributed by atoms with Crippen LogP contribution in [0.3, 0.4) is 0 Å². The second kappa shape index (κ2) is 5.60. The summed E-state index contributed by atoms with van der Waals surface area (Å²) in [5, 5.41) is 0. The predicted octanol–water partition coefficient (Wildman–Crippen LogP) is 3.45. The van der Waals surface area contributed by atoms with Crippen molar-refractivity contribution in [2.75, 3.05) is 17.4 Å². The van der Waals surface area contributed by atoms with Gasteiger partial charge in [-0.1, -0.05) is 6.92 Å². The third-order valence-electron chi connectivity index (χ3n) is 1.75. The average Bonchev–Trinajstić information content (AvgIpc) is 2.06. The molecule has 1 saturated heterocycles. The van der Waals surface area contributed by atoms with Crippen molar-refractivity contribution >= 4 is 35.1 Å². The summed E-state index contributed by atoms with van der Waals surface area (Å²) in [6.45, 7) is 2.24. The number of halogens is 1. The maximum atomic E-state index is 5.75. The number of hydrogen-bond donors (Lipinski definition) is 0. The summed E-state index contributed by atoms with van der Waals surface area (Å²) >= 11 is 9.98. The van der Waals surface area contributed by atoms with Crippen molar-refractivity contribution in [2.24, 2.45) is 5.92 Å². The van der Waals surface area contributed by atoms with Crippen molar-refractivity contribution in [3.05, 3.63) is 0 Å². The molecule has 0 amide bonds. The minimum absolute atomic E-state index is 0.694. The lowest BCUT2D eigenvalue weighted by molar-refractivity contribution is 0.625. The molecule has 1 unspecified atom stereocenters. The maximum absolute atomic E-state index is 5.75. The topological polar surface area (TPSA) is 0 Å². The van der Waals surface area contributed by atoms with Gasteiger partial charge in [0.05, 0.1) is 4.58 Å². The van der Waals surface area contributed by atoms with Crippen molar-refractivity contribution < 1.29 is 0 Å². The maximum Gasteiger partial charge on any atom is 0.0505 e. The van der Waals surface area contributed by atoms with E-state index in [0.717, 1.165) is 10.5 Å². The van der Waals surface area contributed by atoms with Crippen LogP contribution in [0.1, 0.15) is 19.8 Å². The minimum atomic E-state index is 0.694. The lowest BCUT2D eigenvalue weighted by atomic mass is 10.2. The van der Waals surface area contributed by atoms with Gasteiger partial charge in [0.15, 0.2) is 0 Å². The van der Waals surface area contributed by atoms with Crippen molar-refractivity contribution in [3.63, 3.8) is 0 Å². The van der Waals surface area contributed by atoms with Crippen LogP contribution in [-0.2, 0) is 0 Å². The van der Waals surface area contributed by atoms with Crippen molar-refractivity contribution in [3.8, 4) is 0 Å². The van der Waals surface area contributed by atoms with Gasteiger partial charge in [0.2, 0.25) is 0 Å². The normalized spacial score (nSPS) is 23.5. The predicted molar refractivity (Wildman–Crippen MR) is 57.8 cm³/mol. The summed E-state index contributed by atoms with van der Waals surface area (Å²) in [4.78, 5) is 0. The first-order valence-corrected chi connectivity index (χ1v) is 6.75. The summed E-state index contributed by atoms with van der Waals surface area (Å²) < 4.78 is 0.831. The first kappa shape index (κ1) is 10.1. The molecule has 1 rings (SSSR count). The molecule has 1 aliphatic heterocycles. The zero-order valence-electron chi connectivity index (χ0n) is 6.88. The molecule has 3 heteroatoms. The molecule has 0 nitrogen and oxygen atoms in total. The molecule has 0 N–H and O–H groups in total. The van der Waals surface area contributed by atoms with Gasteiger partial charge in [-0.3, -0.25) is 0 Å². The standard InChI is InChI=1S/C8H15ClS2/c1-7(6-9)5-8-10-3-2-4-11-8/h7-8H,2-6H2,1H3. The minimum Gasteiger partial charge on any atom is -0.148 e. The lowest BCUT2D eigenvalue weighted by Gasteiger charge is -2.22. The molecular formula is C8H15ClS2. The van der Waals surface area contributed by atoms with Crippen LogP contribution in [0.5, 0.6) is 0 Å². The molecule has 0 aromatic heterocycles. The van der Waals surface area contributed by atoms with Gasteiger partial charge >= 0.3 is 0 Å². The molecule has 66 valence electrons. The number of rotatable bonds is 3. The fraction of sp³-hybridized carbons (Fsp3) is 1.00. The van der Waals surface area contributed by atoms with E-state index in [1.807, 2.05) is 0 Å². The Morgan fingerprint density at radius 1 is 1.45 bits per heavy atom. The van der Waals surface area contributed by atoms with E-state index in [0.29, 0.717) is 5.92 Å². The highest BCUT2D eigenvalue weighted by Gasteiger charge is 2.16. The fourth-order valence-electron chi connectivity index (χ4n) is 1.06. The van der Waals surface area contributed by atoms with Crippen LogP contribution < -0.4 is 0 Å². The lowest BCUT2D eigenvalue weighted by Crippen LogP contribution is -2.11. The van der Waals surface area contributed by atoms with Crippen molar-refractivity contribution in [1.82, 2.24) is 0 Å². The highest BCUT2D eigenvalue weighted by Crippen LogP contribution is 2.34. The van der Waals surface area contributed by atoms with Crippen LogP contribution in [0.15, 0.2) is 0 Å². The van der Waals surface area contributed by atoms with Gasteiger partial charge in [-0.15, -0.1) is 35.1 Å². The van der Waals surface area contributed by atoms with E-state index in [-0.39, 0.29) is 0 Å². The van der Waals surface area contributed by atoms with E-state index in [1.165, 1.54) is 24.3 Å². The Morgan fingerprint density at radius 3 is 2.64 bits per heavy atom. The van der Waals surface area contributed by atoms with E-state index in [2.05, 4.69) is 30.4 Å². The molecule has 1 heterocycles. The molecule has 0 aliphatic carbocycles. The monoisotopic (exact) mass is 210 g/mol. The van der Waals surface area contributed by atoms with E-state index >= 15 is 0 Å². The summed E-state index contributed by atoms with van der Waals surface area (Å²) in [6.07, 6.45) is 2.68. The van der Waals surface area contributed by atoms with E-state index in [9.17, 15) is 0 Å². The van der Waals surface area contributed by atoms with Gasteiger partial charge < -0.3 is 0 Å². The van der Waals surface area contributed by atoms with E-state index in [4.69, 9.17) is 11.6 Å². The average molecular weight is 211 g/mol. The van der Waals surface area contributed by atoms with Crippen LogP contribution in [-0.4, -0.2) is 22.0 Å². The van der Waals surface area contributed by atoms with Crippen LogP contribution in [0.4, 0.5) is 0 Å². The van der Waals surface area contributed by atoms with Crippen LogP contribution in [0, 0.1) is 5.92 Å². The van der Waals surface area contributed by atoms with Crippen LogP contribution >= 0.6 is 35.1 Å². The van der Waals surface area contributed by atoms with E-state index < -0.39 is 0 Å². The smallest absolute Gasteiger partial charge is 0.0505 e. The van der Waals surface area contributed by atoms with Gasteiger partial charge in [-0.05, 0) is 30.3 Å². The van der Waals surface area contributed by atoms with Crippen LogP contribution in [0.2, 0.25) is 0 Å². The molecule has 0 aromatic carbocycles. The number of alkyl halides is 1. The SMILES string of the molecule is CC(CCl)CC1SCCCS1. The Balaban J connectivity index is 2.13. The second-order valence-corrected chi connectivity index (χ2v) is 6.25. The van der Waals surface area contributed by atoms with Crippen molar-refractivity contribution in [2.45, 2.75) is 24.3 Å². The molecule has 0 radical (unpaired) electrons.